The van der Waals surface area contributed by atoms with Gasteiger partial charge in [0.1, 0.15) is 16.8 Å². The lowest BCUT2D eigenvalue weighted by Gasteiger charge is -2.08. The molecule has 20 heavy (non-hydrogen) atoms. The zero-order valence-corrected chi connectivity index (χ0v) is 12.7. The van der Waals surface area contributed by atoms with Crippen molar-refractivity contribution >= 4 is 50.7 Å². The predicted molar refractivity (Wildman–Crippen MR) is 76.3 cm³/mol. The van der Waals surface area contributed by atoms with Crippen molar-refractivity contribution < 1.29 is 13.6 Å². The summed E-state index contributed by atoms with van der Waals surface area (Å²) in [6.07, 6.45) is 1.18. The lowest BCUT2D eigenvalue weighted by molar-refractivity contribution is 0.102. The molecule has 0 aliphatic heterocycles. The highest BCUT2D eigenvalue weighted by Gasteiger charge is 2.14. The number of hydrogen-bond acceptors (Lipinski definition) is 2. The van der Waals surface area contributed by atoms with Crippen LogP contribution in [0.2, 0.25) is 10.2 Å². The third-order valence-corrected chi connectivity index (χ3v) is 3.61. The summed E-state index contributed by atoms with van der Waals surface area (Å²) in [5, 5.41) is 2.36. The van der Waals surface area contributed by atoms with E-state index < -0.39 is 17.5 Å². The first-order chi connectivity index (χ1) is 9.38. The molecule has 0 unspecified atom stereocenters. The Bertz CT molecular complexity index is 697. The van der Waals surface area contributed by atoms with Crippen LogP contribution < -0.4 is 5.32 Å². The van der Waals surface area contributed by atoms with Crippen LogP contribution in [-0.2, 0) is 0 Å². The molecule has 1 aromatic heterocycles. The fourth-order valence-corrected chi connectivity index (χ4v) is 1.94. The van der Waals surface area contributed by atoms with Crippen LogP contribution in [0.3, 0.4) is 0 Å². The first kappa shape index (κ1) is 15.2. The van der Waals surface area contributed by atoms with Crippen LogP contribution in [0.5, 0.6) is 0 Å². The van der Waals surface area contributed by atoms with E-state index in [2.05, 4.69) is 26.2 Å². The van der Waals surface area contributed by atoms with E-state index in [-0.39, 0.29) is 25.9 Å². The molecule has 0 bridgehead atoms. The van der Waals surface area contributed by atoms with Crippen LogP contribution in [0, 0.1) is 11.6 Å². The van der Waals surface area contributed by atoms with E-state index in [1.54, 1.807) is 0 Å². The maximum atomic E-state index is 13.6. The third-order valence-electron chi connectivity index (χ3n) is 2.32. The molecule has 2 aromatic rings. The molecule has 0 spiro atoms. The van der Waals surface area contributed by atoms with E-state index in [0.29, 0.717) is 0 Å². The van der Waals surface area contributed by atoms with Crippen molar-refractivity contribution in [1.29, 1.82) is 0 Å². The molecule has 2 rings (SSSR count). The van der Waals surface area contributed by atoms with Crippen LogP contribution >= 0.6 is 39.1 Å². The first-order valence-corrected chi connectivity index (χ1v) is 6.70. The number of amides is 1. The van der Waals surface area contributed by atoms with E-state index in [9.17, 15) is 13.6 Å². The topological polar surface area (TPSA) is 42.0 Å². The van der Waals surface area contributed by atoms with Gasteiger partial charge in [0.2, 0.25) is 0 Å². The van der Waals surface area contributed by atoms with Gasteiger partial charge < -0.3 is 5.32 Å². The minimum absolute atomic E-state index is 0.0378. The maximum absolute atomic E-state index is 13.6. The van der Waals surface area contributed by atoms with Gasteiger partial charge >= 0.3 is 0 Å². The SMILES string of the molecule is O=C(Nc1cc(F)c(Br)cc1F)c1cnc(Cl)c(Cl)c1. The van der Waals surface area contributed by atoms with Gasteiger partial charge in [-0.05, 0) is 28.1 Å². The van der Waals surface area contributed by atoms with Crippen molar-refractivity contribution in [3.63, 3.8) is 0 Å². The summed E-state index contributed by atoms with van der Waals surface area (Å²) in [6.45, 7) is 0. The molecule has 0 saturated heterocycles. The lowest BCUT2D eigenvalue weighted by atomic mass is 10.2. The van der Waals surface area contributed by atoms with Crippen molar-refractivity contribution in [2.45, 2.75) is 0 Å². The monoisotopic (exact) mass is 380 g/mol. The van der Waals surface area contributed by atoms with Gasteiger partial charge in [0.15, 0.2) is 0 Å². The Morgan fingerprint density at radius 1 is 1.20 bits per heavy atom. The number of pyridine rings is 1. The molecule has 1 heterocycles. The summed E-state index contributed by atoms with van der Waals surface area (Å²) in [6, 6.07) is 3.06. The molecule has 0 fully saturated rings. The Morgan fingerprint density at radius 3 is 2.55 bits per heavy atom. The van der Waals surface area contributed by atoms with E-state index in [0.717, 1.165) is 12.1 Å². The number of halogens is 5. The van der Waals surface area contributed by atoms with Crippen molar-refractivity contribution in [2.24, 2.45) is 0 Å². The van der Waals surface area contributed by atoms with Gasteiger partial charge in [0.05, 0.1) is 20.7 Å². The standard InChI is InChI=1S/C12H5BrCl2F2N2O/c13-6-2-9(17)10(3-8(6)16)19-12(20)5-1-7(14)11(15)18-4-5/h1-4H,(H,19,20). The van der Waals surface area contributed by atoms with Gasteiger partial charge in [-0.2, -0.15) is 0 Å². The summed E-state index contributed by atoms with van der Waals surface area (Å²) in [4.78, 5) is 15.6. The van der Waals surface area contributed by atoms with E-state index in [1.807, 2.05) is 0 Å². The molecule has 3 nitrogen and oxygen atoms in total. The summed E-state index contributed by atoms with van der Waals surface area (Å²) in [7, 11) is 0. The van der Waals surface area contributed by atoms with Crippen LogP contribution in [-0.4, -0.2) is 10.9 Å². The Hall–Kier alpha value is -1.24. The zero-order valence-electron chi connectivity index (χ0n) is 9.55. The van der Waals surface area contributed by atoms with Crippen molar-refractivity contribution in [3.05, 3.63) is 56.2 Å². The molecular weight excluding hydrogens is 377 g/mol. The minimum atomic E-state index is -0.778. The van der Waals surface area contributed by atoms with E-state index >= 15 is 0 Å². The van der Waals surface area contributed by atoms with Gasteiger partial charge in [-0.25, -0.2) is 13.8 Å². The predicted octanol–water partition coefficient (Wildman–Crippen LogP) is 4.68. The maximum Gasteiger partial charge on any atom is 0.257 e. The molecule has 0 aliphatic carbocycles. The Kier molecular flexibility index (Phi) is 4.57. The van der Waals surface area contributed by atoms with Crippen molar-refractivity contribution in [3.8, 4) is 0 Å². The summed E-state index contributed by atoms with van der Waals surface area (Å²) in [5.74, 6) is -2.16. The summed E-state index contributed by atoms with van der Waals surface area (Å²) >= 11 is 14.2. The molecule has 1 amide bonds. The third kappa shape index (κ3) is 3.26. The van der Waals surface area contributed by atoms with Gasteiger partial charge in [0.25, 0.3) is 5.91 Å². The van der Waals surface area contributed by atoms with Crippen LogP contribution in [0.1, 0.15) is 10.4 Å². The number of carbonyl (C=O) groups is 1. The normalized spacial score (nSPS) is 10.4. The van der Waals surface area contributed by atoms with Crippen LogP contribution in [0.25, 0.3) is 0 Å². The molecular formula is C12H5BrCl2F2N2O. The van der Waals surface area contributed by atoms with Crippen molar-refractivity contribution in [1.82, 2.24) is 4.98 Å². The molecule has 1 aromatic carbocycles. The summed E-state index contributed by atoms with van der Waals surface area (Å²) < 4.78 is 26.9. The molecule has 0 radical (unpaired) electrons. The summed E-state index contributed by atoms with van der Waals surface area (Å²) in [5.41, 5.74) is -0.219. The largest absolute Gasteiger partial charge is 0.319 e. The molecule has 0 atom stereocenters. The number of anilines is 1. The zero-order chi connectivity index (χ0) is 14.9. The number of aromatic nitrogens is 1. The van der Waals surface area contributed by atoms with E-state index in [1.165, 1.54) is 12.3 Å². The van der Waals surface area contributed by atoms with Gasteiger partial charge in [-0.3, -0.25) is 4.79 Å². The second kappa shape index (κ2) is 6.03. The number of hydrogen-bond donors (Lipinski definition) is 1. The van der Waals surface area contributed by atoms with Gasteiger partial charge in [-0.1, -0.05) is 23.2 Å². The second-order valence-electron chi connectivity index (χ2n) is 3.70. The van der Waals surface area contributed by atoms with E-state index in [4.69, 9.17) is 23.2 Å². The minimum Gasteiger partial charge on any atom is -0.319 e. The average Bonchev–Trinajstić information content (AvgIpc) is 2.39. The number of carbonyl (C=O) groups excluding carboxylic acids is 1. The smallest absolute Gasteiger partial charge is 0.257 e. The molecule has 0 aliphatic rings. The lowest BCUT2D eigenvalue weighted by Crippen LogP contribution is -2.13. The Balaban J connectivity index is 2.27. The highest BCUT2D eigenvalue weighted by Crippen LogP contribution is 2.24. The average molecular weight is 382 g/mol. The van der Waals surface area contributed by atoms with Gasteiger partial charge in [0, 0.05) is 12.3 Å². The number of nitrogens with zero attached hydrogens (tertiary/aromatic N) is 1. The number of nitrogens with one attached hydrogen (secondary N) is 1. The fraction of sp³-hybridized carbons (Fsp3) is 0. The Labute approximate surface area is 131 Å². The van der Waals surface area contributed by atoms with Crippen LogP contribution in [0.15, 0.2) is 28.9 Å². The van der Waals surface area contributed by atoms with Gasteiger partial charge in [-0.15, -0.1) is 0 Å². The Morgan fingerprint density at radius 2 is 1.90 bits per heavy atom. The first-order valence-electron chi connectivity index (χ1n) is 5.15. The highest BCUT2D eigenvalue weighted by atomic mass is 79.9. The molecule has 0 saturated carbocycles. The fourth-order valence-electron chi connectivity index (χ4n) is 1.36. The number of rotatable bonds is 2. The van der Waals surface area contributed by atoms with Crippen molar-refractivity contribution in [2.75, 3.05) is 5.32 Å². The second-order valence-corrected chi connectivity index (χ2v) is 5.32. The quantitative estimate of drug-likeness (QED) is 0.606. The molecule has 104 valence electrons. The molecule has 8 heteroatoms. The molecule has 1 N–H and O–H groups in total. The highest BCUT2D eigenvalue weighted by molar-refractivity contribution is 9.10. The number of benzene rings is 1. The van der Waals surface area contributed by atoms with Crippen LogP contribution in [0.4, 0.5) is 14.5 Å².